The number of nitrogens with zero attached hydrogens (tertiary/aromatic N) is 2. The minimum atomic E-state index is 0.351. The lowest BCUT2D eigenvalue weighted by Gasteiger charge is -2.38. The number of rotatable bonds is 1. The zero-order valence-corrected chi connectivity index (χ0v) is 11.2. The summed E-state index contributed by atoms with van der Waals surface area (Å²) >= 11 is 0. The Hall–Kier alpha value is -1.73. The predicted octanol–water partition coefficient (Wildman–Crippen LogP) is 2.07. The number of benzene rings is 1. The first-order valence-corrected chi connectivity index (χ1v) is 6.88. The monoisotopic (exact) mass is 257 g/mol. The second-order valence-electron chi connectivity index (χ2n) is 5.55. The van der Waals surface area contributed by atoms with Gasteiger partial charge in [-0.2, -0.15) is 5.26 Å². The van der Waals surface area contributed by atoms with Gasteiger partial charge in [-0.15, -0.1) is 0 Å². The molecule has 2 aliphatic heterocycles. The van der Waals surface area contributed by atoms with Crippen molar-refractivity contribution in [2.75, 3.05) is 32.1 Å². The summed E-state index contributed by atoms with van der Waals surface area (Å²) in [4.78, 5) is 2.39. The minimum Gasteiger partial charge on any atom is -0.489 e. The van der Waals surface area contributed by atoms with Crippen LogP contribution in [0.4, 0.5) is 5.69 Å². The Morgan fingerprint density at radius 1 is 1.47 bits per heavy atom. The zero-order valence-electron chi connectivity index (χ0n) is 11.2. The van der Waals surface area contributed by atoms with E-state index in [0.717, 1.165) is 24.6 Å². The molecule has 0 amide bonds. The molecule has 4 nitrogen and oxygen atoms in total. The summed E-state index contributed by atoms with van der Waals surface area (Å²) in [5, 5.41) is 12.5. The van der Waals surface area contributed by atoms with Crippen LogP contribution in [-0.4, -0.2) is 37.7 Å². The molecule has 19 heavy (non-hydrogen) atoms. The third kappa shape index (κ3) is 2.52. The summed E-state index contributed by atoms with van der Waals surface area (Å²) in [5.41, 5.74) is 1.64. The van der Waals surface area contributed by atoms with Crippen molar-refractivity contribution in [1.82, 2.24) is 4.90 Å². The number of anilines is 1. The molecule has 1 saturated heterocycles. The van der Waals surface area contributed by atoms with Crippen LogP contribution in [-0.2, 0) is 0 Å². The van der Waals surface area contributed by atoms with Crippen LogP contribution >= 0.6 is 0 Å². The second kappa shape index (κ2) is 5.10. The van der Waals surface area contributed by atoms with E-state index in [1.807, 2.05) is 12.1 Å². The van der Waals surface area contributed by atoms with Crippen LogP contribution in [0.25, 0.3) is 0 Å². The molecule has 1 aromatic carbocycles. The molecule has 0 aliphatic carbocycles. The molecule has 2 atom stereocenters. The highest BCUT2D eigenvalue weighted by molar-refractivity contribution is 5.61. The van der Waals surface area contributed by atoms with Crippen molar-refractivity contribution < 1.29 is 4.74 Å². The first-order chi connectivity index (χ1) is 9.26. The minimum absolute atomic E-state index is 0.351. The summed E-state index contributed by atoms with van der Waals surface area (Å²) in [7, 11) is 2.18. The molecular weight excluding hydrogens is 238 g/mol. The van der Waals surface area contributed by atoms with Gasteiger partial charge in [0.25, 0.3) is 0 Å². The van der Waals surface area contributed by atoms with Gasteiger partial charge in [-0.3, -0.25) is 0 Å². The number of hydrogen-bond acceptors (Lipinski definition) is 4. The van der Waals surface area contributed by atoms with Crippen molar-refractivity contribution in [2.24, 2.45) is 5.92 Å². The molecule has 1 N–H and O–H groups in total. The van der Waals surface area contributed by atoms with Crippen molar-refractivity contribution in [3.05, 3.63) is 23.8 Å². The van der Waals surface area contributed by atoms with Crippen LogP contribution in [0.15, 0.2) is 18.2 Å². The lowest BCUT2D eigenvalue weighted by atomic mass is 9.90. The van der Waals surface area contributed by atoms with Gasteiger partial charge in [-0.25, -0.2) is 0 Å². The van der Waals surface area contributed by atoms with Crippen molar-refractivity contribution in [1.29, 1.82) is 5.26 Å². The molecule has 2 heterocycles. The third-order valence-corrected chi connectivity index (χ3v) is 4.10. The summed E-state index contributed by atoms with van der Waals surface area (Å²) in [6.07, 6.45) is 2.50. The Kier molecular flexibility index (Phi) is 3.31. The number of hydrogen-bond donors (Lipinski definition) is 1. The fourth-order valence-corrected chi connectivity index (χ4v) is 3.05. The van der Waals surface area contributed by atoms with Gasteiger partial charge in [-0.05, 0) is 50.6 Å². The predicted molar refractivity (Wildman–Crippen MR) is 74.3 cm³/mol. The van der Waals surface area contributed by atoms with E-state index in [0.29, 0.717) is 17.5 Å². The first kappa shape index (κ1) is 12.3. The maximum absolute atomic E-state index is 8.96. The van der Waals surface area contributed by atoms with Crippen LogP contribution in [0, 0.1) is 17.2 Å². The Labute approximate surface area is 114 Å². The third-order valence-electron chi connectivity index (χ3n) is 4.10. The Morgan fingerprint density at radius 2 is 2.37 bits per heavy atom. The highest BCUT2D eigenvalue weighted by Crippen LogP contribution is 2.33. The molecule has 0 radical (unpaired) electrons. The fraction of sp³-hybridized carbons (Fsp3) is 0.533. The highest BCUT2D eigenvalue weighted by Gasteiger charge is 2.29. The van der Waals surface area contributed by atoms with Crippen LogP contribution in [0.2, 0.25) is 0 Å². The number of fused-ring (bicyclic) bond motifs is 1. The average Bonchev–Trinajstić information content (AvgIpc) is 2.46. The van der Waals surface area contributed by atoms with Gasteiger partial charge in [0.2, 0.25) is 0 Å². The summed E-state index contributed by atoms with van der Waals surface area (Å²) < 4.78 is 5.83. The van der Waals surface area contributed by atoms with E-state index in [-0.39, 0.29) is 0 Å². The van der Waals surface area contributed by atoms with E-state index in [1.54, 1.807) is 6.07 Å². The smallest absolute Gasteiger partial charge is 0.142 e. The molecule has 100 valence electrons. The van der Waals surface area contributed by atoms with E-state index >= 15 is 0 Å². The molecule has 0 saturated carbocycles. The van der Waals surface area contributed by atoms with Gasteiger partial charge < -0.3 is 15.0 Å². The number of nitrogens with one attached hydrogen (secondary N) is 1. The Bertz CT molecular complexity index is 509. The molecule has 2 unspecified atom stereocenters. The van der Waals surface area contributed by atoms with Gasteiger partial charge in [0.1, 0.15) is 12.4 Å². The van der Waals surface area contributed by atoms with Crippen LogP contribution in [0.5, 0.6) is 5.75 Å². The molecule has 3 rings (SSSR count). The Balaban J connectivity index is 1.76. The lowest BCUT2D eigenvalue weighted by molar-refractivity contribution is 0.159. The molecule has 0 spiro atoms. The largest absolute Gasteiger partial charge is 0.489 e. The maximum atomic E-state index is 8.96. The standard InChI is InChI=1S/C15H19N3O/c1-18-6-2-3-12(9-18)14-10-19-15-5-4-11(8-16)7-13(15)17-14/h4-5,7,12,14,17H,2-3,6,9-10H2,1H3. The molecule has 0 bridgehead atoms. The number of piperidine rings is 1. The highest BCUT2D eigenvalue weighted by atomic mass is 16.5. The fourth-order valence-electron chi connectivity index (χ4n) is 3.05. The van der Waals surface area contributed by atoms with Crippen molar-refractivity contribution in [3.63, 3.8) is 0 Å². The first-order valence-electron chi connectivity index (χ1n) is 6.88. The van der Waals surface area contributed by atoms with Crippen molar-refractivity contribution in [3.8, 4) is 11.8 Å². The average molecular weight is 257 g/mol. The lowest BCUT2D eigenvalue weighted by Crippen LogP contribution is -2.45. The van der Waals surface area contributed by atoms with Gasteiger partial charge in [0, 0.05) is 6.54 Å². The normalized spacial score (nSPS) is 26.7. The van der Waals surface area contributed by atoms with Crippen molar-refractivity contribution >= 4 is 5.69 Å². The summed E-state index contributed by atoms with van der Waals surface area (Å²) in [6.45, 7) is 3.03. The molecule has 4 heteroatoms. The molecule has 1 aromatic rings. The zero-order chi connectivity index (χ0) is 13.2. The molecule has 1 fully saturated rings. The number of ether oxygens (including phenoxy) is 1. The summed E-state index contributed by atoms with van der Waals surface area (Å²) in [5.74, 6) is 1.48. The van der Waals surface area contributed by atoms with Gasteiger partial charge in [0.05, 0.1) is 23.4 Å². The molecular formula is C15H19N3O. The van der Waals surface area contributed by atoms with E-state index in [2.05, 4.69) is 23.3 Å². The SMILES string of the molecule is CN1CCCC(C2COc3ccc(C#N)cc3N2)C1. The number of likely N-dealkylation sites (tertiary alicyclic amines) is 1. The topological polar surface area (TPSA) is 48.3 Å². The van der Waals surface area contributed by atoms with Gasteiger partial charge >= 0.3 is 0 Å². The molecule has 0 aromatic heterocycles. The van der Waals surface area contributed by atoms with Crippen LogP contribution in [0.3, 0.4) is 0 Å². The van der Waals surface area contributed by atoms with E-state index in [9.17, 15) is 0 Å². The van der Waals surface area contributed by atoms with E-state index in [4.69, 9.17) is 10.00 Å². The van der Waals surface area contributed by atoms with Crippen LogP contribution < -0.4 is 10.1 Å². The Morgan fingerprint density at radius 3 is 3.16 bits per heavy atom. The molecule has 2 aliphatic rings. The van der Waals surface area contributed by atoms with Gasteiger partial charge in [0.15, 0.2) is 0 Å². The maximum Gasteiger partial charge on any atom is 0.142 e. The number of nitriles is 1. The van der Waals surface area contributed by atoms with Crippen LogP contribution in [0.1, 0.15) is 18.4 Å². The van der Waals surface area contributed by atoms with Crippen molar-refractivity contribution in [2.45, 2.75) is 18.9 Å². The second-order valence-corrected chi connectivity index (χ2v) is 5.55. The quantitative estimate of drug-likeness (QED) is 0.836. The van der Waals surface area contributed by atoms with E-state index in [1.165, 1.54) is 19.4 Å². The van der Waals surface area contributed by atoms with Gasteiger partial charge in [-0.1, -0.05) is 0 Å². The summed E-state index contributed by atoms with van der Waals surface area (Å²) in [6, 6.07) is 8.09. The van der Waals surface area contributed by atoms with E-state index < -0.39 is 0 Å².